The first-order chi connectivity index (χ1) is 13.6. The first-order valence-electron chi connectivity index (χ1n) is 9.09. The maximum Gasteiger partial charge on any atom is 0.150 e. The largest absolute Gasteiger partial charge is 0.497 e. The standard InChI is InChI=1S/C21H25N5O2/c1-4-8-23-16-7-9-26(13-16)21-19(20(22)24-14-25-21)6-5-15-10-17(27-2)12-18(11-15)28-3/h4,10-12,14,16,23H,1,7-9,13H2,2-3H3,(H2,22,24,25). The van der Waals surface area contributed by atoms with Gasteiger partial charge in [0.1, 0.15) is 35.0 Å². The quantitative estimate of drug-likeness (QED) is 0.585. The summed E-state index contributed by atoms with van der Waals surface area (Å²) >= 11 is 0. The molecule has 7 nitrogen and oxygen atoms in total. The lowest BCUT2D eigenvalue weighted by molar-refractivity contribution is 0.394. The fourth-order valence-electron chi connectivity index (χ4n) is 3.13. The lowest BCUT2D eigenvalue weighted by atomic mass is 10.1. The van der Waals surface area contributed by atoms with E-state index >= 15 is 0 Å². The van der Waals surface area contributed by atoms with Crippen molar-refractivity contribution in [3.05, 3.63) is 48.3 Å². The number of nitrogen functional groups attached to an aromatic ring is 1. The summed E-state index contributed by atoms with van der Waals surface area (Å²) in [6.07, 6.45) is 4.37. The second-order valence-electron chi connectivity index (χ2n) is 6.44. The molecule has 3 N–H and O–H groups in total. The average Bonchev–Trinajstić information content (AvgIpc) is 3.19. The van der Waals surface area contributed by atoms with Crippen molar-refractivity contribution in [2.24, 2.45) is 0 Å². The van der Waals surface area contributed by atoms with Crippen LogP contribution in [-0.2, 0) is 0 Å². The van der Waals surface area contributed by atoms with Crippen LogP contribution < -0.4 is 25.4 Å². The van der Waals surface area contributed by atoms with Crippen LogP contribution >= 0.6 is 0 Å². The molecular weight excluding hydrogens is 354 g/mol. The smallest absolute Gasteiger partial charge is 0.150 e. The van der Waals surface area contributed by atoms with Crippen LogP contribution in [0.1, 0.15) is 17.5 Å². The zero-order valence-electron chi connectivity index (χ0n) is 16.2. The van der Waals surface area contributed by atoms with Gasteiger partial charge in [0.25, 0.3) is 0 Å². The van der Waals surface area contributed by atoms with Crippen molar-refractivity contribution in [2.45, 2.75) is 12.5 Å². The Kier molecular flexibility index (Phi) is 6.35. The van der Waals surface area contributed by atoms with E-state index in [1.807, 2.05) is 18.2 Å². The van der Waals surface area contributed by atoms with Crippen LogP contribution in [0.15, 0.2) is 37.2 Å². The summed E-state index contributed by atoms with van der Waals surface area (Å²) in [5.41, 5.74) is 7.52. The van der Waals surface area contributed by atoms with Crippen LogP contribution in [-0.4, -0.2) is 49.9 Å². The van der Waals surface area contributed by atoms with Crippen LogP contribution in [0, 0.1) is 11.8 Å². The number of rotatable bonds is 6. The van der Waals surface area contributed by atoms with E-state index in [2.05, 4.69) is 38.6 Å². The molecule has 2 heterocycles. The lowest BCUT2D eigenvalue weighted by Gasteiger charge is -2.19. The summed E-state index contributed by atoms with van der Waals surface area (Å²) in [5, 5.41) is 3.45. The number of ether oxygens (including phenoxy) is 2. The molecule has 0 aliphatic carbocycles. The van der Waals surface area contributed by atoms with Crippen molar-refractivity contribution in [3.8, 4) is 23.3 Å². The summed E-state index contributed by atoms with van der Waals surface area (Å²) < 4.78 is 10.6. The molecule has 3 rings (SSSR count). The molecule has 0 saturated carbocycles. The highest BCUT2D eigenvalue weighted by atomic mass is 16.5. The van der Waals surface area contributed by atoms with Gasteiger partial charge in [-0.15, -0.1) is 6.58 Å². The van der Waals surface area contributed by atoms with Crippen molar-refractivity contribution in [3.63, 3.8) is 0 Å². The molecule has 28 heavy (non-hydrogen) atoms. The normalized spacial score (nSPS) is 15.6. The molecule has 1 aromatic carbocycles. The third kappa shape index (κ3) is 4.53. The summed E-state index contributed by atoms with van der Waals surface area (Å²) in [6, 6.07) is 5.88. The molecule has 0 radical (unpaired) electrons. The van der Waals surface area contributed by atoms with Gasteiger partial charge in [0, 0.05) is 37.3 Å². The Bertz CT molecular complexity index is 881. The van der Waals surface area contributed by atoms with Gasteiger partial charge in [-0.2, -0.15) is 0 Å². The molecule has 0 amide bonds. The summed E-state index contributed by atoms with van der Waals surface area (Å²) in [6.45, 7) is 6.26. The molecule has 1 aromatic heterocycles. The molecule has 1 fully saturated rings. The Labute approximate surface area is 165 Å². The van der Waals surface area contributed by atoms with Gasteiger partial charge in [0.2, 0.25) is 0 Å². The minimum atomic E-state index is 0.370. The summed E-state index contributed by atoms with van der Waals surface area (Å²) in [4.78, 5) is 10.8. The third-order valence-electron chi connectivity index (χ3n) is 4.58. The van der Waals surface area contributed by atoms with E-state index in [0.29, 0.717) is 28.9 Å². The maximum absolute atomic E-state index is 6.12. The fourth-order valence-corrected chi connectivity index (χ4v) is 3.13. The predicted molar refractivity (Wildman–Crippen MR) is 111 cm³/mol. The summed E-state index contributed by atoms with van der Waals surface area (Å²) in [7, 11) is 3.22. The maximum atomic E-state index is 6.12. The molecule has 2 aromatic rings. The number of nitrogens with zero attached hydrogens (tertiary/aromatic N) is 3. The molecule has 1 unspecified atom stereocenters. The monoisotopic (exact) mass is 379 g/mol. The van der Waals surface area contributed by atoms with Crippen LogP contribution in [0.3, 0.4) is 0 Å². The molecule has 146 valence electrons. The molecular formula is C21H25N5O2. The van der Waals surface area contributed by atoms with Crippen LogP contribution in [0.2, 0.25) is 0 Å². The molecule has 1 aliphatic rings. The second kappa shape index (κ2) is 9.11. The highest BCUT2D eigenvalue weighted by Gasteiger charge is 2.25. The zero-order valence-corrected chi connectivity index (χ0v) is 16.2. The van der Waals surface area contributed by atoms with Crippen LogP contribution in [0.4, 0.5) is 11.6 Å². The number of nitrogens with two attached hydrogens (primary N) is 1. The lowest BCUT2D eigenvalue weighted by Crippen LogP contribution is -2.33. The van der Waals surface area contributed by atoms with E-state index in [1.54, 1.807) is 20.3 Å². The van der Waals surface area contributed by atoms with Crippen molar-refractivity contribution in [1.82, 2.24) is 15.3 Å². The number of aromatic nitrogens is 2. The summed E-state index contributed by atoms with van der Waals surface area (Å²) in [5.74, 6) is 8.77. The minimum Gasteiger partial charge on any atom is -0.497 e. The second-order valence-corrected chi connectivity index (χ2v) is 6.44. The Morgan fingerprint density at radius 2 is 2.00 bits per heavy atom. The minimum absolute atomic E-state index is 0.370. The van der Waals surface area contributed by atoms with E-state index in [4.69, 9.17) is 15.2 Å². The Morgan fingerprint density at radius 3 is 2.68 bits per heavy atom. The molecule has 7 heteroatoms. The molecule has 1 aliphatic heterocycles. The van der Waals surface area contributed by atoms with E-state index in [9.17, 15) is 0 Å². The highest BCUT2D eigenvalue weighted by molar-refractivity contribution is 5.66. The number of hydrogen-bond acceptors (Lipinski definition) is 7. The van der Waals surface area contributed by atoms with Crippen molar-refractivity contribution < 1.29 is 9.47 Å². The van der Waals surface area contributed by atoms with Gasteiger partial charge in [-0.1, -0.05) is 17.9 Å². The van der Waals surface area contributed by atoms with Crippen LogP contribution in [0.5, 0.6) is 11.5 Å². The number of methoxy groups -OCH3 is 2. The number of hydrogen-bond donors (Lipinski definition) is 2. The number of benzene rings is 1. The molecule has 1 saturated heterocycles. The third-order valence-corrected chi connectivity index (χ3v) is 4.58. The van der Waals surface area contributed by atoms with Gasteiger partial charge in [-0.05, 0) is 18.6 Å². The van der Waals surface area contributed by atoms with Gasteiger partial charge < -0.3 is 25.4 Å². The van der Waals surface area contributed by atoms with Crippen LogP contribution in [0.25, 0.3) is 0 Å². The van der Waals surface area contributed by atoms with E-state index < -0.39 is 0 Å². The Morgan fingerprint density at radius 1 is 1.25 bits per heavy atom. The molecule has 1 atom stereocenters. The van der Waals surface area contributed by atoms with Gasteiger partial charge in [-0.25, -0.2) is 9.97 Å². The SMILES string of the molecule is C=CCNC1CCN(c2ncnc(N)c2C#Cc2cc(OC)cc(OC)c2)C1. The highest BCUT2D eigenvalue weighted by Crippen LogP contribution is 2.25. The zero-order chi connectivity index (χ0) is 19.9. The van der Waals surface area contributed by atoms with E-state index in [-0.39, 0.29) is 0 Å². The topological polar surface area (TPSA) is 85.5 Å². The number of nitrogens with one attached hydrogen (secondary N) is 1. The van der Waals surface area contributed by atoms with E-state index in [0.717, 1.165) is 37.4 Å². The number of anilines is 2. The average molecular weight is 379 g/mol. The van der Waals surface area contributed by atoms with E-state index in [1.165, 1.54) is 6.33 Å². The van der Waals surface area contributed by atoms with Crippen molar-refractivity contribution in [1.29, 1.82) is 0 Å². The van der Waals surface area contributed by atoms with Gasteiger partial charge in [0.05, 0.1) is 14.2 Å². The van der Waals surface area contributed by atoms with Gasteiger partial charge >= 0.3 is 0 Å². The first-order valence-corrected chi connectivity index (χ1v) is 9.09. The Hall–Kier alpha value is -3.24. The van der Waals surface area contributed by atoms with Gasteiger partial charge in [-0.3, -0.25) is 0 Å². The van der Waals surface area contributed by atoms with Crippen molar-refractivity contribution >= 4 is 11.6 Å². The predicted octanol–water partition coefficient (Wildman–Crippen LogP) is 1.83. The molecule has 0 spiro atoms. The van der Waals surface area contributed by atoms with Gasteiger partial charge in [0.15, 0.2) is 0 Å². The molecule has 0 bridgehead atoms. The Balaban J connectivity index is 1.89. The van der Waals surface area contributed by atoms with Crippen molar-refractivity contribution in [2.75, 3.05) is 44.5 Å². The fraction of sp³-hybridized carbons (Fsp3) is 0.333. The first kappa shape index (κ1) is 19.5.